The van der Waals surface area contributed by atoms with E-state index in [1.165, 1.54) is 18.5 Å². The maximum atomic E-state index is 12.9. The minimum Gasteiger partial charge on any atom is -0.357 e. The van der Waals surface area contributed by atoms with Crippen LogP contribution in [0, 0.1) is 0 Å². The van der Waals surface area contributed by atoms with Gasteiger partial charge in [0.2, 0.25) is 0 Å². The van der Waals surface area contributed by atoms with Crippen LogP contribution in [-0.2, 0) is 26.3 Å². The molecule has 11 heteroatoms. The molecule has 3 rings (SSSR count). The molecule has 7 nitrogen and oxygen atoms in total. The van der Waals surface area contributed by atoms with Gasteiger partial charge in [0.05, 0.1) is 5.56 Å². The summed E-state index contributed by atoms with van der Waals surface area (Å²) in [7, 11) is 1.83. The normalized spacial score (nSPS) is 15.8. The number of aryl methyl sites for hydroxylation is 1. The highest BCUT2D eigenvalue weighted by Gasteiger charge is 2.30. The Balaban J connectivity index is 0.00000320. The van der Waals surface area contributed by atoms with Crippen molar-refractivity contribution in [2.75, 3.05) is 32.7 Å². The fourth-order valence-electron chi connectivity index (χ4n) is 3.26. The Hall–Kier alpha value is -1.89. The van der Waals surface area contributed by atoms with E-state index >= 15 is 0 Å². The smallest absolute Gasteiger partial charge is 0.357 e. The zero-order valence-electron chi connectivity index (χ0n) is 17.1. The number of nitrogens with one attached hydrogen (secondary N) is 1. The lowest BCUT2D eigenvalue weighted by Gasteiger charge is -2.36. The minimum absolute atomic E-state index is 0. The van der Waals surface area contributed by atoms with Crippen LogP contribution in [0.3, 0.4) is 0 Å². The largest absolute Gasteiger partial charge is 0.416 e. The van der Waals surface area contributed by atoms with Gasteiger partial charge in [-0.1, -0.05) is 18.2 Å². The van der Waals surface area contributed by atoms with E-state index in [1.54, 1.807) is 10.7 Å². The lowest BCUT2D eigenvalue weighted by atomic mass is 10.1. The molecular formula is C19H27F3IN7. The topological polar surface area (TPSA) is 61.6 Å². The third kappa shape index (κ3) is 6.56. The van der Waals surface area contributed by atoms with Crippen molar-refractivity contribution in [3.8, 4) is 0 Å². The second-order valence-electron chi connectivity index (χ2n) is 6.93. The van der Waals surface area contributed by atoms with Gasteiger partial charge in [0.1, 0.15) is 18.7 Å². The van der Waals surface area contributed by atoms with Crippen LogP contribution < -0.4 is 5.32 Å². The summed E-state index contributed by atoms with van der Waals surface area (Å²) in [5, 5.41) is 7.35. The van der Waals surface area contributed by atoms with E-state index in [-0.39, 0.29) is 24.0 Å². The molecular weight excluding hydrogens is 510 g/mol. The molecule has 30 heavy (non-hydrogen) atoms. The van der Waals surface area contributed by atoms with Crippen molar-refractivity contribution in [3.05, 3.63) is 47.5 Å². The van der Waals surface area contributed by atoms with E-state index in [1.807, 2.05) is 14.0 Å². The van der Waals surface area contributed by atoms with Crippen molar-refractivity contribution in [2.24, 2.45) is 12.0 Å². The second-order valence-corrected chi connectivity index (χ2v) is 6.93. The lowest BCUT2D eigenvalue weighted by molar-refractivity contribution is -0.137. The van der Waals surface area contributed by atoms with E-state index in [9.17, 15) is 13.2 Å². The van der Waals surface area contributed by atoms with Crippen molar-refractivity contribution < 1.29 is 13.2 Å². The standard InChI is InChI=1S/C19H26F3N7.HI/c1-3-23-18(24-12-17-25-14-26-27(17)2)29-9-7-28(8-10-29)13-15-5-4-6-16(11-15)19(20,21)22;/h4-6,11,14H,3,7-10,12-13H2,1-2H3,(H,23,24);1H. The molecule has 2 aromatic rings. The predicted octanol–water partition coefficient (Wildman–Crippen LogP) is 2.74. The van der Waals surface area contributed by atoms with Crippen LogP contribution in [0.5, 0.6) is 0 Å². The molecule has 0 saturated carbocycles. The van der Waals surface area contributed by atoms with Crippen LogP contribution >= 0.6 is 24.0 Å². The van der Waals surface area contributed by atoms with Gasteiger partial charge in [-0.2, -0.15) is 18.3 Å². The van der Waals surface area contributed by atoms with Crippen LogP contribution in [0.1, 0.15) is 23.9 Å². The highest BCUT2D eigenvalue weighted by atomic mass is 127. The Kier molecular flexibility index (Phi) is 8.89. The number of aromatic nitrogens is 3. The Labute approximate surface area is 191 Å². The first-order chi connectivity index (χ1) is 13.9. The SMILES string of the molecule is CCNC(=NCc1ncnn1C)N1CCN(Cc2cccc(C(F)(F)F)c2)CC1.I. The molecule has 2 heterocycles. The molecule has 1 saturated heterocycles. The van der Waals surface area contributed by atoms with Gasteiger partial charge < -0.3 is 10.2 Å². The van der Waals surface area contributed by atoms with Gasteiger partial charge in [-0.15, -0.1) is 24.0 Å². The van der Waals surface area contributed by atoms with E-state index in [2.05, 4.69) is 30.2 Å². The van der Waals surface area contributed by atoms with E-state index in [4.69, 9.17) is 0 Å². The van der Waals surface area contributed by atoms with Gasteiger partial charge in [-0.05, 0) is 18.6 Å². The van der Waals surface area contributed by atoms with Crippen LogP contribution in [0.2, 0.25) is 0 Å². The molecule has 1 fully saturated rings. The predicted molar refractivity (Wildman–Crippen MR) is 120 cm³/mol. The fourth-order valence-corrected chi connectivity index (χ4v) is 3.26. The highest BCUT2D eigenvalue weighted by molar-refractivity contribution is 14.0. The number of rotatable bonds is 5. The average Bonchev–Trinajstić information content (AvgIpc) is 3.10. The highest BCUT2D eigenvalue weighted by Crippen LogP contribution is 2.29. The van der Waals surface area contributed by atoms with Crippen molar-refractivity contribution >= 4 is 29.9 Å². The van der Waals surface area contributed by atoms with Crippen molar-refractivity contribution in [3.63, 3.8) is 0 Å². The first kappa shape index (κ1) is 24.4. The molecule has 1 aliphatic rings. The average molecular weight is 537 g/mol. The number of alkyl halides is 3. The molecule has 1 aromatic carbocycles. The maximum Gasteiger partial charge on any atom is 0.416 e. The monoisotopic (exact) mass is 537 g/mol. The number of piperazine rings is 1. The summed E-state index contributed by atoms with van der Waals surface area (Å²) in [5.74, 6) is 1.60. The summed E-state index contributed by atoms with van der Waals surface area (Å²) < 4.78 is 40.4. The van der Waals surface area contributed by atoms with Gasteiger partial charge in [0.25, 0.3) is 0 Å². The van der Waals surface area contributed by atoms with Crippen molar-refractivity contribution in [2.45, 2.75) is 26.2 Å². The third-order valence-electron chi connectivity index (χ3n) is 4.84. The van der Waals surface area contributed by atoms with Crippen molar-refractivity contribution in [1.29, 1.82) is 0 Å². The van der Waals surface area contributed by atoms with Gasteiger partial charge in [0.15, 0.2) is 5.96 Å². The second kappa shape index (κ2) is 10.9. The molecule has 0 radical (unpaired) electrons. The van der Waals surface area contributed by atoms with Gasteiger partial charge in [0, 0.05) is 46.3 Å². The molecule has 1 aromatic heterocycles. The Morgan fingerprint density at radius 1 is 1.20 bits per heavy atom. The molecule has 166 valence electrons. The maximum absolute atomic E-state index is 12.9. The molecule has 1 N–H and O–H groups in total. The Morgan fingerprint density at radius 3 is 2.53 bits per heavy atom. The van der Waals surface area contributed by atoms with Crippen LogP contribution in [0.15, 0.2) is 35.6 Å². The number of benzene rings is 1. The number of aliphatic imine (C=N–C) groups is 1. The number of hydrogen-bond donors (Lipinski definition) is 1. The van der Waals surface area contributed by atoms with E-state index in [0.29, 0.717) is 18.7 Å². The summed E-state index contributed by atoms with van der Waals surface area (Å²) >= 11 is 0. The first-order valence-corrected chi connectivity index (χ1v) is 9.61. The summed E-state index contributed by atoms with van der Waals surface area (Å²) in [6, 6.07) is 5.56. The first-order valence-electron chi connectivity index (χ1n) is 9.61. The molecule has 0 unspecified atom stereocenters. The minimum atomic E-state index is -4.31. The number of guanidine groups is 1. The molecule has 0 aliphatic carbocycles. The zero-order valence-corrected chi connectivity index (χ0v) is 19.4. The van der Waals surface area contributed by atoms with Crippen LogP contribution in [0.25, 0.3) is 0 Å². The quantitative estimate of drug-likeness (QED) is 0.361. The molecule has 0 atom stereocenters. The fraction of sp³-hybridized carbons (Fsp3) is 0.526. The van der Waals surface area contributed by atoms with Crippen LogP contribution in [-0.4, -0.2) is 63.2 Å². The van der Waals surface area contributed by atoms with Crippen molar-refractivity contribution in [1.82, 2.24) is 29.9 Å². The summed E-state index contributed by atoms with van der Waals surface area (Å²) in [6.45, 7) is 6.72. The number of halogens is 4. The van der Waals surface area contributed by atoms with E-state index in [0.717, 1.165) is 50.6 Å². The zero-order chi connectivity index (χ0) is 20.9. The van der Waals surface area contributed by atoms with Gasteiger partial charge in [-0.25, -0.2) is 9.98 Å². The Bertz CT molecular complexity index is 830. The summed E-state index contributed by atoms with van der Waals surface area (Å²) in [5.41, 5.74) is 0.0788. The van der Waals surface area contributed by atoms with Crippen LogP contribution in [0.4, 0.5) is 13.2 Å². The number of nitrogens with zero attached hydrogens (tertiary/aromatic N) is 6. The van der Waals surface area contributed by atoms with Gasteiger partial charge in [-0.3, -0.25) is 9.58 Å². The third-order valence-corrected chi connectivity index (χ3v) is 4.84. The van der Waals surface area contributed by atoms with Gasteiger partial charge >= 0.3 is 6.18 Å². The Morgan fingerprint density at radius 2 is 1.93 bits per heavy atom. The molecule has 0 amide bonds. The van der Waals surface area contributed by atoms with E-state index < -0.39 is 11.7 Å². The molecule has 0 spiro atoms. The lowest BCUT2D eigenvalue weighted by Crippen LogP contribution is -2.52. The number of hydrogen-bond acceptors (Lipinski definition) is 4. The molecule has 1 aliphatic heterocycles. The summed E-state index contributed by atoms with van der Waals surface area (Å²) in [6.07, 6.45) is -2.81. The molecule has 0 bridgehead atoms. The summed E-state index contributed by atoms with van der Waals surface area (Å²) in [4.78, 5) is 13.2.